The second-order valence-corrected chi connectivity index (χ2v) is 11.9. The van der Waals surface area contributed by atoms with Crippen molar-refractivity contribution >= 4 is 12.0 Å². The molecule has 4 bridgehead atoms. The topological polar surface area (TPSA) is 46.5 Å². The van der Waals surface area contributed by atoms with E-state index >= 15 is 0 Å². The molecule has 0 amide bonds. The number of benzene rings is 3. The number of hydrogen-bond donors (Lipinski definition) is 1. The van der Waals surface area contributed by atoms with E-state index in [2.05, 4.69) is 68.4 Å². The average molecular weight is 493 g/mol. The molecular weight excluding hydrogens is 456 g/mol. The molecule has 1 N–H and O–H groups in total. The van der Waals surface area contributed by atoms with Crippen LogP contribution in [0.5, 0.6) is 5.75 Å². The van der Waals surface area contributed by atoms with Gasteiger partial charge in [-0.2, -0.15) is 0 Å². The van der Waals surface area contributed by atoms with Gasteiger partial charge in [0.2, 0.25) is 0 Å². The Hall–Kier alpha value is -3.33. The van der Waals surface area contributed by atoms with Crippen LogP contribution < -0.4 is 4.74 Å². The Morgan fingerprint density at radius 3 is 2.14 bits per heavy atom. The van der Waals surface area contributed by atoms with E-state index < -0.39 is 5.97 Å². The van der Waals surface area contributed by atoms with E-state index in [1.807, 2.05) is 6.07 Å². The third-order valence-corrected chi connectivity index (χ3v) is 9.09. The van der Waals surface area contributed by atoms with Gasteiger partial charge in [-0.3, -0.25) is 0 Å². The van der Waals surface area contributed by atoms with Gasteiger partial charge >= 0.3 is 5.97 Å². The summed E-state index contributed by atoms with van der Waals surface area (Å²) in [7, 11) is 0. The van der Waals surface area contributed by atoms with Gasteiger partial charge in [0.25, 0.3) is 0 Å². The fourth-order valence-electron chi connectivity index (χ4n) is 8.12. The van der Waals surface area contributed by atoms with Gasteiger partial charge in [-0.15, -0.1) is 0 Å². The highest BCUT2D eigenvalue weighted by molar-refractivity contribution is 5.86. The van der Waals surface area contributed by atoms with E-state index in [0.717, 1.165) is 29.1 Å². The van der Waals surface area contributed by atoms with E-state index in [1.54, 1.807) is 6.08 Å². The lowest BCUT2D eigenvalue weighted by Crippen LogP contribution is -2.48. The number of ether oxygens (including phenoxy) is 1. The molecule has 37 heavy (non-hydrogen) atoms. The Kier molecular flexibility index (Phi) is 6.18. The molecule has 0 heterocycles. The van der Waals surface area contributed by atoms with Gasteiger partial charge in [-0.1, -0.05) is 48.5 Å². The van der Waals surface area contributed by atoms with Gasteiger partial charge in [0.05, 0.1) is 0 Å². The molecule has 0 spiro atoms. The standard InChI is InChI=1S/C34H36O3/c1-22-12-25(8-11-32(35)36)13-23(2)33(22)29-9-10-31(37-21-24-6-4-3-5-7-24)30(17-29)34-18-26-14-27(19-34)16-28(15-26)20-34/h3-13,17,26-28H,14-16,18-21H2,1-2H3,(H,35,36). The van der Waals surface area contributed by atoms with Crippen LogP contribution in [-0.2, 0) is 16.8 Å². The number of aliphatic carboxylic acids is 1. The first-order chi connectivity index (χ1) is 17.9. The number of aryl methyl sites for hydroxylation is 2. The van der Waals surface area contributed by atoms with Crippen molar-refractivity contribution in [2.75, 3.05) is 0 Å². The smallest absolute Gasteiger partial charge is 0.328 e. The highest BCUT2D eigenvalue weighted by Gasteiger charge is 2.52. The molecule has 4 saturated carbocycles. The molecule has 0 radical (unpaired) electrons. The van der Waals surface area contributed by atoms with Crippen LogP contribution in [0, 0.1) is 31.6 Å². The number of hydrogen-bond acceptors (Lipinski definition) is 2. The summed E-state index contributed by atoms with van der Waals surface area (Å²) in [6.45, 7) is 4.84. The van der Waals surface area contributed by atoms with Crippen molar-refractivity contribution in [2.45, 2.75) is 64.4 Å². The normalized spacial score (nSPS) is 26.1. The van der Waals surface area contributed by atoms with Crippen LogP contribution in [0.2, 0.25) is 0 Å². The lowest BCUT2D eigenvalue weighted by Gasteiger charge is -2.57. The molecule has 4 aliphatic carbocycles. The molecule has 0 atom stereocenters. The number of carboxylic acids is 1. The van der Waals surface area contributed by atoms with E-state index in [4.69, 9.17) is 9.84 Å². The van der Waals surface area contributed by atoms with Crippen LogP contribution in [0.4, 0.5) is 0 Å². The summed E-state index contributed by atoms with van der Waals surface area (Å²) in [6, 6.07) is 21.5. The Balaban J connectivity index is 1.41. The Bertz CT molecular complexity index is 1290. The maximum atomic E-state index is 11.0. The Morgan fingerprint density at radius 1 is 0.919 bits per heavy atom. The fourth-order valence-corrected chi connectivity index (χ4v) is 8.12. The predicted molar refractivity (Wildman–Crippen MR) is 149 cm³/mol. The van der Waals surface area contributed by atoms with Crippen molar-refractivity contribution in [3.05, 3.63) is 94.6 Å². The molecule has 0 aromatic heterocycles. The van der Waals surface area contributed by atoms with Crippen LogP contribution in [0.3, 0.4) is 0 Å². The molecule has 0 saturated heterocycles. The molecule has 4 fully saturated rings. The molecule has 3 nitrogen and oxygen atoms in total. The third-order valence-electron chi connectivity index (χ3n) is 9.09. The third kappa shape index (κ3) is 4.72. The zero-order valence-corrected chi connectivity index (χ0v) is 21.9. The van der Waals surface area contributed by atoms with Crippen molar-refractivity contribution < 1.29 is 14.6 Å². The van der Waals surface area contributed by atoms with E-state index in [1.165, 1.54) is 78.0 Å². The summed E-state index contributed by atoms with van der Waals surface area (Å²) >= 11 is 0. The highest BCUT2D eigenvalue weighted by Crippen LogP contribution is 2.62. The Morgan fingerprint density at radius 2 is 1.54 bits per heavy atom. The summed E-state index contributed by atoms with van der Waals surface area (Å²) in [5, 5.41) is 9.04. The second kappa shape index (κ2) is 9.52. The lowest BCUT2D eigenvalue weighted by atomic mass is 9.48. The SMILES string of the molecule is Cc1cc(C=CC(=O)O)cc(C)c1-c1ccc(OCc2ccccc2)c(C23CC4CC(CC(C4)C2)C3)c1. The van der Waals surface area contributed by atoms with E-state index in [0.29, 0.717) is 6.61 Å². The summed E-state index contributed by atoms with van der Waals surface area (Å²) in [5.41, 5.74) is 8.56. The van der Waals surface area contributed by atoms with E-state index in [9.17, 15) is 4.79 Å². The second-order valence-electron chi connectivity index (χ2n) is 11.9. The molecule has 7 rings (SSSR count). The monoisotopic (exact) mass is 492 g/mol. The Labute approximate surface area is 220 Å². The predicted octanol–water partition coefficient (Wildman–Crippen LogP) is 8.12. The molecule has 3 aromatic rings. The molecule has 0 unspecified atom stereocenters. The zero-order valence-electron chi connectivity index (χ0n) is 21.9. The summed E-state index contributed by atoms with van der Waals surface area (Å²) in [6.07, 6.45) is 11.0. The van der Waals surface area contributed by atoms with Crippen LogP contribution in [-0.4, -0.2) is 11.1 Å². The first-order valence-corrected chi connectivity index (χ1v) is 13.7. The van der Waals surface area contributed by atoms with Crippen molar-refractivity contribution in [3.63, 3.8) is 0 Å². The van der Waals surface area contributed by atoms with Crippen LogP contribution in [0.15, 0.2) is 66.7 Å². The first kappa shape index (κ1) is 24.0. The van der Waals surface area contributed by atoms with Crippen molar-refractivity contribution in [1.82, 2.24) is 0 Å². The molecule has 3 heteroatoms. The highest BCUT2D eigenvalue weighted by atomic mass is 16.5. The minimum absolute atomic E-state index is 0.225. The zero-order chi connectivity index (χ0) is 25.6. The van der Waals surface area contributed by atoms with Crippen LogP contribution in [0.25, 0.3) is 17.2 Å². The van der Waals surface area contributed by atoms with Crippen molar-refractivity contribution in [3.8, 4) is 16.9 Å². The average Bonchev–Trinajstić information content (AvgIpc) is 2.86. The summed E-state index contributed by atoms with van der Waals surface area (Å²) < 4.78 is 6.57. The van der Waals surface area contributed by atoms with Gasteiger partial charge in [-0.25, -0.2) is 4.79 Å². The van der Waals surface area contributed by atoms with Crippen molar-refractivity contribution in [2.24, 2.45) is 17.8 Å². The van der Waals surface area contributed by atoms with Gasteiger partial charge in [0, 0.05) is 11.6 Å². The summed E-state index contributed by atoms with van der Waals surface area (Å²) in [4.78, 5) is 11.0. The molecular formula is C34H36O3. The number of carbonyl (C=O) groups is 1. The maximum absolute atomic E-state index is 11.0. The van der Waals surface area contributed by atoms with Gasteiger partial charge in [0.1, 0.15) is 12.4 Å². The quantitative estimate of drug-likeness (QED) is 0.339. The first-order valence-electron chi connectivity index (χ1n) is 13.7. The fraction of sp³-hybridized carbons (Fsp3) is 0.382. The molecule has 0 aliphatic heterocycles. The van der Waals surface area contributed by atoms with Gasteiger partial charge in [0.15, 0.2) is 0 Å². The van der Waals surface area contributed by atoms with Gasteiger partial charge < -0.3 is 9.84 Å². The number of carboxylic acid groups (broad SMARTS) is 1. The van der Waals surface area contributed by atoms with Gasteiger partial charge in [-0.05, 0) is 127 Å². The minimum Gasteiger partial charge on any atom is -0.489 e. The molecule has 3 aromatic carbocycles. The number of rotatable bonds is 7. The van der Waals surface area contributed by atoms with Crippen LogP contribution >= 0.6 is 0 Å². The largest absolute Gasteiger partial charge is 0.489 e. The van der Waals surface area contributed by atoms with Crippen LogP contribution in [0.1, 0.15) is 66.3 Å². The maximum Gasteiger partial charge on any atom is 0.328 e. The molecule has 4 aliphatic rings. The molecule has 190 valence electrons. The summed E-state index contributed by atoms with van der Waals surface area (Å²) in [5.74, 6) is 2.71. The minimum atomic E-state index is -0.925. The van der Waals surface area contributed by atoms with Crippen molar-refractivity contribution in [1.29, 1.82) is 0 Å². The van der Waals surface area contributed by atoms with E-state index in [-0.39, 0.29) is 5.41 Å². The lowest BCUT2D eigenvalue weighted by molar-refractivity contribution is -0.131.